The van der Waals surface area contributed by atoms with Gasteiger partial charge in [-0.2, -0.15) is 0 Å². The SMILES string of the molecule is NC1C(/C=C/CC(=O)O)=CCCC1O. The van der Waals surface area contributed by atoms with Crippen LogP contribution in [-0.2, 0) is 4.79 Å². The second kappa shape index (κ2) is 4.93. The molecule has 2 atom stereocenters. The normalized spacial score (nSPS) is 27.7. The van der Waals surface area contributed by atoms with Crippen molar-refractivity contribution in [2.24, 2.45) is 5.73 Å². The van der Waals surface area contributed by atoms with Gasteiger partial charge in [-0.3, -0.25) is 4.79 Å². The molecule has 0 saturated carbocycles. The molecule has 0 aliphatic heterocycles. The number of hydrogen-bond acceptors (Lipinski definition) is 3. The molecular weight excluding hydrogens is 182 g/mol. The summed E-state index contributed by atoms with van der Waals surface area (Å²) >= 11 is 0. The monoisotopic (exact) mass is 197 g/mol. The number of aliphatic carboxylic acids is 1. The Morgan fingerprint density at radius 1 is 1.71 bits per heavy atom. The lowest BCUT2D eigenvalue weighted by atomic mass is 9.92. The van der Waals surface area contributed by atoms with Gasteiger partial charge in [-0.05, 0) is 18.4 Å². The molecule has 4 nitrogen and oxygen atoms in total. The van der Waals surface area contributed by atoms with E-state index in [0.717, 1.165) is 12.0 Å². The minimum atomic E-state index is -0.869. The average molecular weight is 197 g/mol. The molecule has 2 unspecified atom stereocenters. The fourth-order valence-electron chi connectivity index (χ4n) is 1.43. The molecular formula is C10H15NO3. The van der Waals surface area contributed by atoms with Crippen molar-refractivity contribution in [3.63, 3.8) is 0 Å². The molecule has 0 amide bonds. The second-order valence-electron chi connectivity index (χ2n) is 3.37. The first-order chi connectivity index (χ1) is 6.61. The molecule has 0 aromatic rings. The molecule has 1 aliphatic rings. The number of aliphatic hydroxyl groups excluding tert-OH is 1. The third kappa shape index (κ3) is 2.97. The maximum atomic E-state index is 10.2. The van der Waals surface area contributed by atoms with Crippen LogP contribution in [0.1, 0.15) is 19.3 Å². The molecule has 0 bridgehead atoms. The maximum Gasteiger partial charge on any atom is 0.307 e. The van der Waals surface area contributed by atoms with Crippen LogP contribution in [0.2, 0.25) is 0 Å². The van der Waals surface area contributed by atoms with Crippen molar-refractivity contribution in [3.05, 3.63) is 23.8 Å². The van der Waals surface area contributed by atoms with E-state index in [1.807, 2.05) is 6.08 Å². The summed E-state index contributed by atoms with van der Waals surface area (Å²) in [5.74, 6) is -0.869. The van der Waals surface area contributed by atoms with Crippen molar-refractivity contribution < 1.29 is 15.0 Å². The van der Waals surface area contributed by atoms with Gasteiger partial charge >= 0.3 is 5.97 Å². The van der Waals surface area contributed by atoms with Gasteiger partial charge in [-0.25, -0.2) is 0 Å². The first-order valence-corrected chi connectivity index (χ1v) is 4.63. The number of rotatable bonds is 3. The molecule has 78 valence electrons. The van der Waals surface area contributed by atoms with E-state index in [4.69, 9.17) is 10.8 Å². The molecule has 4 N–H and O–H groups in total. The molecule has 0 saturated heterocycles. The topological polar surface area (TPSA) is 83.6 Å². The summed E-state index contributed by atoms with van der Waals surface area (Å²) < 4.78 is 0. The molecule has 0 fully saturated rings. The first kappa shape index (κ1) is 10.9. The van der Waals surface area contributed by atoms with Gasteiger partial charge in [0.05, 0.1) is 18.6 Å². The minimum Gasteiger partial charge on any atom is -0.481 e. The van der Waals surface area contributed by atoms with Gasteiger partial charge in [0.2, 0.25) is 0 Å². The first-order valence-electron chi connectivity index (χ1n) is 4.63. The Morgan fingerprint density at radius 2 is 2.43 bits per heavy atom. The molecule has 0 aromatic carbocycles. The van der Waals surface area contributed by atoms with Gasteiger partial charge in [-0.1, -0.05) is 18.2 Å². The number of nitrogens with two attached hydrogens (primary N) is 1. The van der Waals surface area contributed by atoms with E-state index < -0.39 is 12.1 Å². The fourth-order valence-corrected chi connectivity index (χ4v) is 1.43. The highest BCUT2D eigenvalue weighted by Gasteiger charge is 2.20. The number of hydrogen-bond donors (Lipinski definition) is 3. The van der Waals surface area contributed by atoms with E-state index in [1.165, 1.54) is 0 Å². The van der Waals surface area contributed by atoms with E-state index in [0.29, 0.717) is 6.42 Å². The zero-order valence-corrected chi connectivity index (χ0v) is 7.89. The molecule has 0 aromatic heterocycles. The molecule has 0 heterocycles. The molecule has 0 spiro atoms. The van der Waals surface area contributed by atoms with Crippen molar-refractivity contribution in [2.75, 3.05) is 0 Å². The smallest absolute Gasteiger partial charge is 0.307 e. The number of allylic oxidation sites excluding steroid dienone is 1. The lowest BCUT2D eigenvalue weighted by molar-refractivity contribution is -0.136. The summed E-state index contributed by atoms with van der Waals surface area (Å²) in [6.07, 6.45) is 6.12. The van der Waals surface area contributed by atoms with E-state index in [-0.39, 0.29) is 12.5 Å². The van der Waals surface area contributed by atoms with Crippen molar-refractivity contribution in [3.8, 4) is 0 Å². The molecule has 14 heavy (non-hydrogen) atoms. The van der Waals surface area contributed by atoms with Crippen LogP contribution in [0.5, 0.6) is 0 Å². The fraction of sp³-hybridized carbons (Fsp3) is 0.500. The number of carbonyl (C=O) groups is 1. The van der Waals surface area contributed by atoms with Crippen LogP contribution >= 0.6 is 0 Å². The summed E-state index contributed by atoms with van der Waals surface area (Å²) in [7, 11) is 0. The third-order valence-electron chi connectivity index (χ3n) is 2.24. The van der Waals surface area contributed by atoms with Crippen molar-refractivity contribution in [1.29, 1.82) is 0 Å². The van der Waals surface area contributed by atoms with Gasteiger partial charge in [0.25, 0.3) is 0 Å². The van der Waals surface area contributed by atoms with E-state index in [2.05, 4.69) is 0 Å². The second-order valence-corrected chi connectivity index (χ2v) is 3.37. The van der Waals surface area contributed by atoms with Crippen molar-refractivity contribution in [1.82, 2.24) is 0 Å². The van der Waals surface area contributed by atoms with Gasteiger partial charge in [-0.15, -0.1) is 0 Å². The number of carboxylic acid groups (broad SMARTS) is 1. The van der Waals surface area contributed by atoms with Crippen LogP contribution in [-0.4, -0.2) is 28.3 Å². The Kier molecular flexibility index (Phi) is 3.85. The standard InChI is InChI=1S/C10H15NO3/c11-10-7(3-1-5-8(10)12)4-2-6-9(13)14/h2-4,8,10,12H,1,5-6,11H2,(H,13,14)/b4-2+. The van der Waals surface area contributed by atoms with Gasteiger partial charge in [0.1, 0.15) is 0 Å². The Bertz CT molecular complexity index is 271. The lowest BCUT2D eigenvalue weighted by Crippen LogP contribution is -2.37. The molecule has 0 radical (unpaired) electrons. The summed E-state index contributed by atoms with van der Waals surface area (Å²) in [5.41, 5.74) is 6.55. The predicted molar refractivity (Wildman–Crippen MR) is 52.7 cm³/mol. The van der Waals surface area contributed by atoms with Crippen LogP contribution in [0.15, 0.2) is 23.8 Å². The average Bonchev–Trinajstić information content (AvgIpc) is 2.12. The van der Waals surface area contributed by atoms with Crippen LogP contribution in [0, 0.1) is 0 Å². The van der Waals surface area contributed by atoms with Gasteiger partial charge in [0.15, 0.2) is 0 Å². The zero-order chi connectivity index (χ0) is 10.6. The highest BCUT2D eigenvalue weighted by atomic mass is 16.4. The maximum absolute atomic E-state index is 10.2. The van der Waals surface area contributed by atoms with Gasteiger partial charge < -0.3 is 15.9 Å². The minimum absolute atomic E-state index is 0.0137. The zero-order valence-electron chi connectivity index (χ0n) is 7.89. The van der Waals surface area contributed by atoms with Crippen LogP contribution in [0.3, 0.4) is 0 Å². The van der Waals surface area contributed by atoms with Gasteiger partial charge in [0, 0.05) is 0 Å². The quantitative estimate of drug-likeness (QED) is 0.612. The third-order valence-corrected chi connectivity index (χ3v) is 2.24. The Labute approximate surface area is 82.7 Å². The Hall–Kier alpha value is -1.13. The van der Waals surface area contributed by atoms with Crippen LogP contribution in [0.25, 0.3) is 0 Å². The summed E-state index contributed by atoms with van der Waals surface area (Å²) in [6.45, 7) is 0. The van der Waals surface area contributed by atoms with E-state index >= 15 is 0 Å². The Balaban J connectivity index is 2.55. The summed E-state index contributed by atoms with van der Waals surface area (Å²) in [5, 5.41) is 17.9. The van der Waals surface area contributed by atoms with Crippen LogP contribution in [0.4, 0.5) is 0 Å². The van der Waals surface area contributed by atoms with Crippen molar-refractivity contribution in [2.45, 2.75) is 31.4 Å². The number of carboxylic acids is 1. The Morgan fingerprint density at radius 3 is 3.07 bits per heavy atom. The van der Waals surface area contributed by atoms with Crippen molar-refractivity contribution >= 4 is 5.97 Å². The highest BCUT2D eigenvalue weighted by Crippen LogP contribution is 2.18. The summed E-state index contributed by atoms with van der Waals surface area (Å²) in [4.78, 5) is 10.2. The molecule has 4 heteroatoms. The van der Waals surface area contributed by atoms with Crippen LogP contribution < -0.4 is 5.73 Å². The number of aliphatic hydroxyl groups is 1. The van der Waals surface area contributed by atoms with E-state index in [1.54, 1.807) is 12.2 Å². The highest BCUT2D eigenvalue weighted by molar-refractivity contribution is 5.68. The van der Waals surface area contributed by atoms with E-state index in [9.17, 15) is 9.90 Å². The largest absolute Gasteiger partial charge is 0.481 e. The summed E-state index contributed by atoms with van der Waals surface area (Å²) in [6, 6.07) is -0.381. The predicted octanol–water partition coefficient (Wildman–Crippen LogP) is 0.426. The molecule has 1 rings (SSSR count). The lowest BCUT2D eigenvalue weighted by Gasteiger charge is -2.23. The molecule has 1 aliphatic carbocycles.